The Morgan fingerprint density at radius 3 is 2.64 bits per heavy atom. The highest BCUT2D eigenvalue weighted by molar-refractivity contribution is 8.26. The summed E-state index contributed by atoms with van der Waals surface area (Å²) in [5.74, 6) is -0.633. The number of ether oxygens (including phenoxy) is 1. The maximum absolute atomic E-state index is 13.8. The van der Waals surface area contributed by atoms with Crippen molar-refractivity contribution in [2.24, 2.45) is 11.7 Å². The van der Waals surface area contributed by atoms with Gasteiger partial charge in [-0.2, -0.15) is 0 Å². The van der Waals surface area contributed by atoms with Crippen LogP contribution in [0.3, 0.4) is 0 Å². The number of aryl methyl sites for hydroxylation is 1. The van der Waals surface area contributed by atoms with Crippen LogP contribution < -0.4 is 16.2 Å². The van der Waals surface area contributed by atoms with Crippen molar-refractivity contribution < 1.29 is 14.3 Å². The topological polar surface area (TPSA) is 97.9 Å². The molecule has 3 saturated heterocycles. The Kier molecular flexibility index (Phi) is 7.18. The van der Waals surface area contributed by atoms with Gasteiger partial charge in [-0.05, 0) is 44.7 Å². The number of benzene rings is 1. The lowest BCUT2D eigenvalue weighted by atomic mass is 9.94. The fourth-order valence-electron chi connectivity index (χ4n) is 5.36. The Labute approximate surface area is 219 Å². The zero-order valence-corrected chi connectivity index (χ0v) is 21.9. The van der Waals surface area contributed by atoms with Crippen LogP contribution >= 0.6 is 24.0 Å². The minimum absolute atomic E-state index is 0.00745. The molecule has 2 amide bonds. The summed E-state index contributed by atoms with van der Waals surface area (Å²) >= 11 is 6.77. The zero-order chi connectivity index (χ0) is 25.4. The molecule has 8 nitrogen and oxygen atoms in total. The van der Waals surface area contributed by atoms with Crippen molar-refractivity contribution >= 4 is 62.8 Å². The van der Waals surface area contributed by atoms with E-state index in [-0.39, 0.29) is 29.4 Å². The second-order valence-corrected chi connectivity index (χ2v) is 11.1. The number of nitrogens with zero attached hydrogens (tertiary/aromatic N) is 3. The number of pyridine rings is 1. The molecule has 1 atom stereocenters. The molecule has 0 saturated carbocycles. The first-order valence-corrected chi connectivity index (χ1v) is 13.7. The number of rotatable bonds is 6. The van der Waals surface area contributed by atoms with Crippen molar-refractivity contribution in [1.29, 1.82) is 0 Å². The van der Waals surface area contributed by atoms with Gasteiger partial charge < -0.3 is 19.9 Å². The highest BCUT2D eigenvalue weighted by atomic mass is 32.2. The van der Waals surface area contributed by atoms with Gasteiger partial charge in [0, 0.05) is 37.5 Å². The summed E-state index contributed by atoms with van der Waals surface area (Å²) in [6.45, 7) is 4.80. The van der Waals surface area contributed by atoms with Crippen molar-refractivity contribution in [1.82, 2.24) is 9.47 Å². The number of piperidine rings is 1. The smallest absolute Gasteiger partial charge is 0.266 e. The van der Waals surface area contributed by atoms with Gasteiger partial charge in [0.15, 0.2) is 0 Å². The van der Waals surface area contributed by atoms with E-state index >= 15 is 0 Å². The van der Waals surface area contributed by atoms with E-state index in [0.717, 1.165) is 29.4 Å². The van der Waals surface area contributed by atoms with Gasteiger partial charge in [0.25, 0.3) is 11.5 Å². The first-order valence-electron chi connectivity index (χ1n) is 12.5. The van der Waals surface area contributed by atoms with Crippen molar-refractivity contribution in [3.8, 4) is 0 Å². The normalized spacial score (nSPS) is 22.4. The van der Waals surface area contributed by atoms with E-state index in [1.165, 1.54) is 11.8 Å². The zero-order valence-electron chi connectivity index (χ0n) is 20.3. The largest absolute Gasteiger partial charge is 0.376 e. The molecule has 10 heteroatoms. The summed E-state index contributed by atoms with van der Waals surface area (Å²) in [5, 5.41) is 0.942. The van der Waals surface area contributed by atoms with Crippen LogP contribution in [0.15, 0.2) is 34.0 Å². The van der Waals surface area contributed by atoms with Gasteiger partial charge in [-0.3, -0.25) is 19.3 Å². The molecule has 0 spiro atoms. The highest BCUT2D eigenvalue weighted by Gasteiger charge is 2.35. The van der Waals surface area contributed by atoms with Crippen LogP contribution in [0.1, 0.15) is 38.2 Å². The van der Waals surface area contributed by atoms with Gasteiger partial charge in [0.2, 0.25) is 5.91 Å². The molecule has 0 bridgehead atoms. The summed E-state index contributed by atoms with van der Waals surface area (Å²) in [4.78, 5) is 43.1. The SMILES string of the molecule is CCn1c(=O)c(C=C2SC(=S)N(CC3CCCO3)C2=O)c(N2CCC(C(N)=O)CC2)c2ccccc21. The van der Waals surface area contributed by atoms with Gasteiger partial charge in [0.1, 0.15) is 4.32 Å². The summed E-state index contributed by atoms with van der Waals surface area (Å²) in [5.41, 5.74) is 7.53. The third kappa shape index (κ3) is 4.57. The fraction of sp³-hybridized carbons (Fsp3) is 0.462. The lowest BCUT2D eigenvalue weighted by molar-refractivity contribution is -0.123. The number of hydrogen-bond donors (Lipinski definition) is 1. The molecule has 0 radical (unpaired) electrons. The monoisotopic (exact) mass is 526 g/mol. The van der Waals surface area contributed by atoms with E-state index in [9.17, 15) is 14.4 Å². The number of nitrogens with two attached hydrogens (primary N) is 1. The Bertz CT molecular complexity index is 1310. The molecule has 3 aliphatic rings. The van der Waals surface area contributed by atoms with Crippen LogP contribution in [-0.2, 0) is 20.9 Å². The van der Waals surface area contributed by atoms with Crippen molar-refractivity contribution in [3.05, 3.63) is 45.1 Å². The summed E-state index contributed by atoms with van der Waals surface area (Å²) in [6.07, 6.45) is 4.86. The second-order valence-electron chi connectivity index (χ2n) is 9.42. The van der Waals surface area contributed by atoms with Gasteiger partial charge in [0.05, 0.1) is 34.3 Å². The number of thiocarbonyl (C=S) groups is 1. The van der Waals surface area contributed by atoms with E-state index < -0.39 is 0 Å². The Hall–Kier alpha value is -2.69. The number of para-hydroxylation sites is 1. The molecule has 1 unspecified atom stereocenters. The van der Waals surface area contributed by atoms with Crippen LogP contribution in [0.2, 0.25) is 0 Å². The van der Waals surface area contributed by atoms with Crippen LogP contribution in [0.5, 0.6) is 0 Å². The number of fused-ring (bicyclic) bond motifs is 1. The molecule has 4 heterocycles. The number of carbonyl (C=O) groups excluding carboxylic acids is 2. The van der Waals surface area contributed by atoms with Gasteiger partial charge in [-0.15, -0.1) is 0 Å². The highest BCUT2D eigenvalue weighted by Crippen LogP contribution is 2.37. The van der Waals surface area contributed by atoms with Crippen molar-refractivity contribution in [2.45, 2.75) is 45.3 Å². The molecule has 0 aliphatic carbocycles. The number of carbonyl (C=O) groups is 2. The predicted octanol–water partition coefficient (Wildman–Crippen LogP) is 3.10. The molecule has 3 aliphatic heterocycles. The number of primary amides is 1. The third-order valence-corrected chi connectivity index (χ3v) is 8.65. The van der Waals surface area contributed by atoms with Crippen LogP contribution in [0.25, 0.3) is 17.0 Å². The van der Waals surface area contributed by atoms with E-state index in [1.807, 2.05) is 31.2 Å². The van der Waals surface area contributed by atoms with Crippen LogP contribution in [0.4, 0.5) is 5.69 Å². The molecule has 1 aromatic heterocycles. The van der Waals surface area contributed by atoms with E-state index in [4.69, 9.17) is 22.7 Å². The van der Waals surface area contributed by atoms with E-state index in [1.54, 1.807) is 15.5 Å². The minimum atomic E-state index is -0.281. The number of aromatic nitrogens is 1. The molecule has 2 N–H and O–H groups in total. The molecular formula is C26H30N4O4S2. The van der Waals surface area contributed by atoms with Crippen LogP contribution in [0, 0.1) is 5.92 Å². The maximum atomic E-state index is 13.8. The van der Waals surface area contributed by atoms with Gasteiger partial charge in [-0.25, -0.2) is 0 Å². The molecule has 2 aromatic rings. The summed E-state index contributed by atoms with van der Waals surface area (Å²) in [7, 11) is 0. The Morgan fingerprint density at radius 2 is 1.97 bits per heavy atom. The molecule has 1 aromatic carbocycles. The molecule has 3 fully saturated rings. The van der Waals surface area contributed by atoms with Gasteiger partial charge in [-0.1, -0.05) is 42.2 Å². The number of anilines is 1. The first-order chi connectivity index (χ1) is 17.4. The van der Waals surface area contributed by atoms with Crippen molar-refractivity contribution in [2.75, 3.05) is 31.1 Å². The van der Waals surface area contributed by atoms with E-state index in [2.05, 4.69) is 4.90 Å². The second kappa shape index (κ2) is 10.4. The average molecular weight is 527 g/mol. The van der Waals surface area contributed by atoms with Crippen molar-refractivity contribution in [3.63, 3.8) is 0 Å². The Balaban J connectivity index is 1.59. The predicted molar refractivity (Wildman–Crippen MR) is 147 cm³/mol. The molecule has 36 heavy (non-hydrogen) atoms. The first kappa shape index (κ1) is 25.0. The lowest BCUT2D eigenvalue weighted by Gasteiger charge is -2.34. The quantitative estimate of drug-likeness (QED) is 0.456. The maximum Gasteiger partial charge on any atom is 0.266 e. The number of hydrogen-bond acceptors (Lipinski definition) is 7. The molecule has 5 rings (SSSR count). The standard InChI is InChI=1S/C26H30N4O4S2/c1-2-29-20-8-4-3-7-18(20)22(28-11-9-16(10-12-28)23(27)31)19(24(29)32)14-21-25(33)30(26(35)36-21)15-17-6-5-13-34-17/h3-4,7-8,14,16-17H,2,5-6,9-13,15H2,1H3,(H2,27,31). The van der Waals surface area contributed by atoms with Gasteiger partial charge >= 0.3 is 0 Å². The number of amides is 2. The number of thioether (sulfide) groups is 1. The summed E-state index contributed by atoms with van der Waals surface area (Å²) < 4.78 is 7.94. The average Bonchev–Trinajstić information content (AvgIpc) is 3.49. The Morgan fingerprint density at radius 1 is 1.22 bits per heavy atom. The third-order valence-electron chi connectivity index (χ3n) is 7.27. The van der Waals surface area contributed by atoms with E-state index in [0.29, 0.717) is 60.4 Å². The summed E-state index contributed by atoms with van der Waals surface area (Å²) in [6, 6.07) is 7.84. The lowest BCUT2D eigenvalue weighted by Crippen LogP contribution is -2.40. The van der Waals surface area contributed by atoms with Crippen LogP contribution in [-0.4, -0.2) is 57.9 Å². The minimum Gasteiger partial charge on any atom is -0.376 e. The fourth-order valence-corrected chi connectivity index (χ4v) is 6.62. The molecular weight excluding hydrogens is 496 g/mol. The molecule has 190 valence electrons.